The average Bonchev–Trinajstić information content (AvgIpc) is 3.33. The first-order valence-corrected chi connectivity index (χ1v) is 8.83. The Labute approximate surface area is 148 Å². The minimum Gasteiger partial charge on any atom is -0.478 e. The molecule has 1 heterocycles. The van der Waals surface area contributed by atoms with Crippen molar-refractivity contribution in [3.05, 3.63) is 34.9 Å². The van der Waals surface area contributed by atoms with E-state index in [2.05, 4.69) is 6.92 Å². The highest BCUT2D eigenvalue weighted by atomic mass is 16.6. The summed E-state index contributed by atoms with van der Waals surface area (Å²) in [4.78, 5) is 11.0. The maximum absolute atomic E-state index is 11.0. The van der Waals surface area contributed by atoms with Gasteiger partial charge in [-0.3, -0.25) is 0 Å². The summed E-state index contributed by atoms with van der Waals surface area (Å²) in [6.45, 7) is 3.25. The van der Waals surface area contributed by atoms with Gasteiger partial charge in [-0.25, -0.2) is 4.79 Å². The van der Waals surface area contributed by atoms with Crippen molar-refractivity contribution < 1.29 is 30.0 Å². The van der Waals surface area contributed by atoms with E-state index < -0.39 is 29.9 Å². The fourth-order valence-corrected chi connectivity index (χ4v) is 3.33. The smallest absolute Gasteiger partial charge is 0.330 e. The van der Waals surface area contributed by atoms with E-state index in [1.54, 1.807) is 6.08 Å². The molecule has 2 aliphatic rings. The van der Waals surface area contributed by atoms with Gasteiger partial charge < -0.3 is 25.2 Å². The molecule has 6 nitrogen and oxygen atoms in total. The van der Waals surface area contributed by atoms with Crippen LogP contribution < -0.4 is 0 Å². The summed E-state index contributed by atoms with van der Waals surface area (Å²) in [6.07, 6.45) is 6.89. The van der Waals surface area contributed by atoms with Crippen LogP contribution in [0.3, 0.4) is 0 Å². The zero-order valence-corrected chi connectivity index (χ0v) is 14.8. The predicted octanol–water partition coefficient (Wildman–Crippen LogP) is 1.71. The molecule has 0 aromatic rings. The number of carbonyl (C=O) groups is 1. The number of allylic oxidation sites excluding steroid dienone is 1. The Morgan fingerprint density at radius 1 is 1.32 bits per heavy atom. The minimum atomic E-state index is -1.03. The van der Waals surface area contributed by atoms with Crippen molar-refractivity contribution in [3.63, 3.8) is 0 Å². The van der Waals surface area contributed by atoms with Gasteiger partial charge in [-0.05, 0) is 30.9 Å². The lowest BCUT2D eigenvalue weighted by Crippen LogP contribution is -2.43. The molecule has 0 amide bonds. The number of epoxide rings is 1. The Balaban J connectivity index is 2.19. The lowest BCUT2D eigenvalue weighted by atomic mass is 9.77. The molecule has 1 aliphatic heterocycles. The number of fused-ring (bicyclic) bond motifs is 1. The number of aliphatic hydroxyl groups excluding tert-OH is 3. The Bertz CT molecular complexity index is 591. The third-order valence-electron chi connectivity index (χ3n) is 5.05. The monoisotopic (exact) mass is 352 g/mol. The van der Waals surface area contributed by atoms with Crippen molar-refractivity contribution in [1.82, 2.24) is 0 Å². The molecular formula is C19H28O6. The van der Waals surface area contributed by atoms with Gasteiger partial charge in [0.05, 0.1) is 6.61 Å². The molecule has 0 radical (unpaired) electrons. The molecule has 0 bridgehead atoms. The van der Waals surface area contributed by atoms with Gasteiger partial charge in [-0.15, -0.1) is 0 Å². The molecule has 6 heteroatoms. The number of ether oxygens (including phenoxy) is 1. The highest BCUT2D eigenvalue weighted by Gasteiger charge is 2.67. The Morgan fingerprint density at radius 3 is 2.64 bits per heavy atom. The lowest BCUT2D eigenvalue weighted by molar-refractivity contribution is -0.132. The van der Waals surface area contributed by atoms with Gasteiger partial charge in [0.25, 0.3) is 0 Å². The van der Waals surface area contributed by atoms with Crippen molar-refractivity contribution in [1.29, 1.82) is 0 Å². The molecule has 1 aliphatic carbocycles. The quantitative estimate of drug-likeness (QED) is 0.286. The fraction of sp³-hybridized carbons (Fsp3) is 0.632. The van der Waals surface area contributed by atoms with Crippen molar-refractivity contribution in [2.24, 2.45) is 0 Å². The maximum atomic E-state index is 11.0. The van der Waals surface area contributed by atoms with Gasteiger partial charge in [0.1, 0.15) is 23.9 Å². The van der Waals surface area contributed by atoms with Crippen LogP contribution in [0.1, 0.15) is 46.0 Å². The fourth-order valence-electron chi connectivity index (χ4n) is 3.33. The van der Waals surface area contributed by atoms with E-state index in [0.29, 0.717) is 11.1 Å². The summed E-state index contributed by atoms with van der Waals surface area (Å²) < 4.78 is 5.60. The Kier molecular flexibility index (Phi) is 6.57. The van der Waals surface area contributed by atoms with E-state index in [0.717, 1.165) is 25.7 Å². The van der Waals surface area contributed by atoms with Crippen LogP contribution in [-0.4, -0.2) is 56.9 Å². The van der Waals surface area contributed by atoms with E-state index in [-0.39, 0.29) is 18.6 Å². The van der Waals surface area contributed by atoms with E-state index in [1.165, 1.54) is 13.0 Å². The molecular weight excluding hydrogens is 324 g/mol. The highest BCUT2D eigenvalue weighted by Crippen LogP contribution is 2.52. The average molecular weight is 352 g/mol. The number of aliphatic hydroxyl groups is 3. The number of unbranched alkanes of at least 4 members (excludes halogenated alkanes) is 3. The molecule has 0 unspecified atom stereocenters. The highest BCUT2D eigenvalue weighted by molar-refractivity contribution is 5.85. The molecule has 0 aromatic heterocycles. The van der Waals surface area contributed by atoms with Crippen LogP contribution in [0.2, 0.25) is 0 Å². The van der Waals surface area contributed by atoms with Crippen molar-refractivity contribution in [3.8, 4) is 0 Å². The summed E-state index contributed by atoms with van der Waals surface area (Å²) in [7, 11) is 0. The van der Waals surface area contributed by atoms with Gasteiger partial charge in [0.15, 0.2) is 0 Å². The Morgan fingerprint density at radius 2 is 2.04 bits per heavy atom. The number of carboxylic acids is 1. The predicted molar refractivity (Wildman–Crippen MR) is 93.0 cm³/mol. The van der Waals surface area contributed by atoms with Crippen LogP contribution in [0.15, 0.2) is 34.9 Å². The number of hydrogen-bond acceptors (Lipinski definition) is 5. The molecule has 4 N–H and O–H groups in total. The van der Waals surface area contributed by atoms with Gasteiger partial charge >= 0.3 is 5.97 Å². The molecule has 4 atom stereocenters. The van der Waals surface area contributed by atoms with Crippen molar-refractivity contribution >= 4 is 5.97 Å². The summed E-state index contributed by atoms with van der Waals surface area (Å²) in [5.41, 5.74) is -0.00502. The number of rotatable bonds is 9. The first-order valence-electron chi connectivity index (χ1n) is 8.83. The van der Waals surface area contributed by atoms with E-state index in [1.807, 2.05) is 6.08 Å². The van der Waals surface area contributed by atoms with Crippen LogP contribution in [0, 0.1) is 0 Å². The minimum absolute atomic E-state index is 0.166. The normalized spacial score (nSPS) is 32.2. The summed E-state index contributed by atoms with van der Waals surface area (Å²) in [5.74, 6) is -1.03. The topological polar surface area (TPSA) is 111 Å². The zero-order valence-electron chi connectivity index (χ0n) is 14.8. The van der Waals surface area contributed by atoms with Gasteiger partial charge in [-0.1, -0.05) is 38.0 Å². The molecule has 2 rings (SSSR count). The number of aliphatic carboxylic acids is 1. The number of carboxylic acid groups (broad SMARTS) is 1. The van der Waals surface area contributed by atoms with Gasteiger partial charge in [0.2, 0.25) is 0 Å². The molecule has 25 heavy (non-hydrogen) atoms. The summed E-state index contributed by atoms with van der Waals surface area (Å²) in [6, 6.07) is 0. The van der Waals surface area contributed by atoms with E-state index in [9.17, 15) is 20.1 Å². The summed E-state index contributed by atoms with van der Waals surface area (Å²) in [5, 5.41) is 39.8. The molecule has 0 spiro atoms. The molecule has 0 aromatic carbocycles. The van der Waals surface area contributed by atoms with Crippen LogP contribution >= 0.6 is 0 Å². The SMILES string of the molecule is CCCCC/C=C/C1=C(CO)[C@H](O)[C@@H]2O[C@]2(C/C=C(\C)C(=O)O)[C@@H]1O. The van der Waals surface area contributed by atoms with Gasteiger partial charge in [-0.2, -0.15) is 0 Å². The van der Waals surface area contributed by atoms with E-state index >= 15 is 0 Å². The molecule has 140 valence electrons. The molecule has 1 fully saturated rings. The Hall–Kier alpha value is -1.47. The third kappa shape index (κ3) is 4.03. The standard InChI is InChI=1S/C19H28O6/c1-3-4-5-6-7-8-13-14(11-20)15(21)17-19(25-17,16(13)22)10-9-12(2)18(23)24/h7-9,15-17,20-22H,3-6,10-11H2,1-2H3,(H,23,24)/b8-7+,12-9+/t15-,16+,17-,19+/m0/s1. The van der Waals surface area contributed by atoms with Crippen LogP contribution in [-0.2, 0) is 9.53 Å². The lowest BCUT2D eigenvalue weighted by Gasteiger charge is -2.29. The maximum Gasteiger partial charge on any atom is 0.330 e. The van der Waals surface area contributed by atoms with Crippen molar-refractivity contribution in [2.45, 2.75) is 69.9 Å². The second-order valence-electron chi connectivity index (χ2n) is 6.77. The zero-order chi connectivity index (χ0) is 18.6. The van der Waals surface area contributed by atoms with Crippen molar-refractivity contribution in [2.75, 3.05) is 6.61 Å². The first-order chi connectivity index (χ1) is 11.9. The van der Waals surface area contributed by atoms with Gasteiger partial charge in [0, 0.05) is 12.0 Å². The molecule has 0 saturated carbocycles. The third-order valence-corrected chi connectivity index (χ3v) is 5.05. The van der Waals surface area contributed by atoms with E-state index in [4.69, 9.17) is 9.84 Å². The molecule has 1 saturated heterocycles. The first kappa shape index (κ1) is 19.8. The van der Waals surface area contributed by atoms with Crippen LogP contribution in [0.5, 0.6) is 0 Å². The van der Waals surface area contributed by atoms with Crippen LogP contribution in [0.25, 0.3) is 0 Å². The van der Waals surface area contributed by atoms with Crippen LogP contribution in [0.4, 0.5) is 0 Å². The largest absolute Gasteiger partial charge is 0.478 e. The number of hydrogen-bond donors (Lipinski definition) is 4. The second kappa shape index (κ2) is 8.27. The second-order valence-corrected chi connectivity index (χ2v) is 6.77. The summed E-state index contributed by atoms with van der Waals surface area (Å²) >= 11 is 0.